The third-order valence-electron chi connectivity index (χ3n) is 3.76. The molecule has 0 aliphatic heterocycles. The Labute approximate surface area is 104 Å². The molecule has 1 rings (SSSR count). The van der Waals surface area contributed by atoms with Gasteiger partial charge in [0.15, 0.2) is 0 Å². The monoisotopic (exact) mass is 242 g/mol. The highest BCUT2D eigenvalue weighted by Crippen LogP contribution is 2.35. The van der Waals surface area contributed by atoms with Crippen molar-refractivity contribution >= 4 is 5.91 Å². The van der Waals surface area contributed by atoms with E-state index < -0.39 is 0 Å². The fourth-order valence-electron chi connectivity index (χ4n) is 2.70. The van der Waals surface area contributed by atoms with Crippen molar-refractivity contribution < 1.29 is 9.90 Å². The van der Waals surface area contributed by atoms with E-state index in [0.29, 0.717) is 13.0 Å². The van der Waals surface area contributed by atoms with Gasteiger partial charge in [0.1, 0.15) is 0 Å². The summed E-state index contributed by atoms with van der Waals surface area (Å²) in [5, 5.41) is 12.3. The number of rotatable bonds is 5. The van der Waals surface area contributed by atoms with E-state index in [0.717, 1.165) is 25.7 Å². The topological polar surface area (TPSA) is 75.3 Å². The van der Waals surface area contributed by atoms with Crippen LogP contribution in [-0.4, -0.2) is 29.7 Å². The van der Waals surface area contributed by atoms with Crippen molar-refractivity contribution in [1.29, 1.82) is 0 Å². The van der Waals surface area contributed by atoms with Gasteiger partial charge < -0.3 is 16.2 Å². The van der Waals surface area contributed by atoms with E-state index in [1.54, 1.807) is 6.92 Å². The van der Waals surface area contributed by atoms with Crippen LogP contribution in [0, 0.1) is 5.41 Å². The molecule has 0 aromatic rings. The highest BCUT2D eigenvalue weighted by atomic mass is 16.3. The van der Waals surface area contributed by atoms with Gasteiger partial charge in [-0.1, -0.05) is 19.3 Å². The molecule has 0 radical (unpaired) electrons. The zero-order valence-electron chi connectivity index (χ0n) is 11.0. The van der Waals surface area contributed by atoms with Gasteiger partial charge in [0.2, 0.25) is 5.91 Å². The van der Waals surface area contributed by atoms with Crippen LogP contribution in [0.25, 0.3) is 0 Å². The second-order valence-corrected chi connectivity index (χ2v) is 5.50. The van der Waals surface area contributed by atoms with Crippen molar-refractivity contribution in [3.8, 4) is 0 Å². The number of carbonyl (C=O) groups is 1. The summed E-state index contributed by atoms with van der Waals surface area (Å²) in [6.07, 6.45) is 5.40. The Morgan fingerprint density at radius 1 is 1.35 bits per heavy atom. The van der Waals surface area contributed by atoms with Crippen LogP contribution >= 0.6 is 0 Å². The molecular weight excluding hydrogens is 216 g/mol. The molecule has 1 aliphatic carbocycles. The summed E-state index contributed by atoms with van der Waals surface area (Å²) in [7, 11) is 0. The predicted octanol–water partition coefficient (Wildman–Crippen LogP) is 1.17. The van der Waals surface area contributed by atoms with Crippen LogP contribution in [-0.2, 0) is 4.79 Å². The summed E-state index contributed by atoms with van der Waals surface area (Å²) in [5.74, 6) is 0.0767. The zero-order valence-corrected chi connectivity index (χ0v) is 11.0. The molecule has 1 amide bonds. The van der Waals surface area contributed by atoms with Crippen LogP contribution in [0.1, 0.15) is 52.4 Å². The molecule has 0 heterocycles. The van der Waals surface area contributed by atoms with Gasteiger partial charge in [0, 0.05) is 12.6 Å². The molecule has 4 nitrogen and oxygen atoms in total. The summed E-state index contributed by atoms with van der Waals surface area (Å²) in [6, 6.07) is 0.00727. The van der Waals surface area contributed by atoms with Gasteiger partial charge in [-0.15, -0.1) is 0 Å². The van der Waals surface area contributed by atoms with Crippen molar-refractivity contribution in [2.45, 2.75) is 64.5 Å². The molecule has 0 aromatic heterocycles. The summed E-state index contributed by atoms with van der Waals surface area (Å²) in [4.78, 5) is 12.3. The molecule has 1 fully saturated rings. The Bertz CT molecular complexity index is 248. The number of carbonyl (C=O) groups excluding carboxylic acids is 1. The Morgan fingerprint density at radius 2 is 1.94 bits per heavy atom. The normalized spacial score (nSPS) is 22.8. The van der Waals surface area contributed by atoms with Crippen LogP contribution in [0.3, 0.4) is 0 Å². The molecule has 4 N–H and O–H groups in total. The maximum atomic E-state index is 12.3. The first-order valence-electron chi connectivity index (χ1n) is 6.69. The lowest BCUT2D eigenvalue weighted by molar-refractivity contribution is -0.133. The van der Waals surface area contributed by atoms with E-state index in [4.69, 9.17) is 5.73 Å². The van der Waals surface area contributed by atoms with Crippen LogP contribution in [0.4, 0.5) is 0 Å². The summed E-state index contributed by atoms with van der Waals surface area (Å²) in [5.41, 5.74) is 5.45. The second-order valence-electron chi connectivity index (χ2n) is 5.50. The maximum Gasteiger partial charge on any atom is 0.227 e. The first-order chi connectivity index (χ1) is 8.00. The van der Waals surface area contributed by atoms with E-state index in [9.17, 15) is 9.90 Å². The van der Waals surface area contributed by atoms with Crippen molar-refractivity contribution in [3.63, 3.8) is 0 Å². The van der Waals surface area contributed by atoms with Crippen LogP contribution in [0.2, 0.25) is 0 Å². The smallest absolute Gasteiger partial charge is 0.227 e. The molecule has 1 saturated carbocycles. The van der Waals surface area contributed by atoms with E-state index in [1.807, 2.05) is 6.92 Å². The standard InChI is InChI=1S/C13H26N2O2/c1-10(8-11(2)16)15-12(17)13(9-14)6-4-3-5-7-13/h10-11,16H,3-9,14H2,1-2H3,(H,15,17). The lowest BCUT2D eigenvalue weighted by Gasteiger charge is -2.35. The predicted molar refractivity (Wildman–Crippen MR) is 68.5 cm³/mol. The first kappa shape index (κ1) is 14.5. The molecule has 0 aromatic carbocycles. The molecule has 0 saturated heterocycles. The molecule has 2 atom stereocenters. The highest BCUT2D eigenvalue weighted by molar-refractivity contribution is 5.83. The van der Waals surface area contributed by atoms with Crippen molar-refractivity contribution in [2.24, 2.45) is 11.1 Å². The van der Waals surface area contributed by atoms with Gasteiger partial charge in [-0.2, -0.15) is 0 Å². The Hall–Kier alpha value is -0.610. The summed E-state index contributed by atoms with van der Waals surface area (Å²) >= 11 is 0. The number of aliphatic hydroxyl groups excluding tert-OH is 1. The zero-order chi connectivity index (χ0) is 12.9. The number of hydrogen-bond donors (Lipinski definition) is 3. The summed E-state index contributed by atoms with van der Waals surface area (Å²) in [6.45, 7) is 4.10. The van der Waals surface area contributed by atoms with Crippen LogP contribution < -0.4 is 11.1 Å². The van der Waals surface area contributed by atoms with Crippen molar-refractivity contribution in [3.05, 3.63) is 0 Å². The second kappa shape index (κ2) is 6.36. The first-order valence-corrected chi connectivity index (χ1v) is 6.69. The largest absolute Gasteiger partial charge is 0.393 e. The third-order valence-corrected chi connectivity index (χ3v) is 3.76. The van der Waals surface area contributed by atoms with Gasteiger partial charge in [-0.25, -0.2) is 0 Å². The van der Waals surface area contributed by atoms with Gasteiger partial charge in [-0.05, 0) is 33.1 Å². The molecule has 4 heteroatoms. The highest BCUT2D eigenvalue weighted by Gasteiger charge is 2.38. The molecule has 100 valence electrons. The minimum atomic E-state index is -0.384. The average molecular weight is 242 g/mol. The minimum Gasteiger partial charge on any atom is -0.393 e. The summed E-state index contributed by atoms with van der Waals surface area (Å²) < 4.78 is 0. The number of nitrogens with one attached hydrogen (secondary N) is 1. The van der Waals surface area contributed by atoms with Crippen molar-refractivity contribution in [1.82, 2.24) is 5.32 Å². The minimum absolute atomic E-state index is 0.00727. The number of amides is 1. The van der Waals surface area contributed by atoms with Crippen LogP contribution in [0.15, 0.2) is 0 Å². The van der Waals surface area contributed by atoms with Crippen LogP contribution in [0.5, 0.6) is 0 Å². The fraction of sp³-hybridized carbons (Fsp3) is 0.923. The lowest BCUT2D eigenvalue weighted by Crippen LogP contribution is -2.50. The van der Waals surface area contributed by atoms with Gasteiger partial charge >= 0.3 is 0 Å². The molecule has 2 unspecified atom stereocenters. The third kappa shape index (κ3) is 3.96. The lowest BCUT2D eigenvalue weighted by atomic mass is 9.73. The average Bonchev–Trinajstić information content (AvgIpc) is 2.28. The van der Waals surface area contributed by atoms with Gasteiger partial charge in [0.05, 0.1) is 11.5 Å². The van der Waals surface area contributed by atoms with Crippen molar-refractivity contribution in [2.75, 3.05) is 6.54 Å². The Morgan fingerprint density at radius 3 is 2.41 bits per heavy atom. The quantitative estimate of drug-likeness (QED) is 0.677. The molecule has 0 bridgehead atoms. The number of hydrogen-bond acceptors (Lipinski definition) is 3. The molecule has 0 spiro atoms. The Kier molecular flexibility index (Phi) is 5.40. The number of nitrogens with two attached hydrogens (primary N) is 1. The van der Waals surface area contributed by atoms with E-state index in [1.165, 1.54) is 6.42 Å². The maximum absolute atomic E-state index is 12.3. The van der Waals surface area contributed by atoms with Gasteiger partial charge in [0.25, 0.3) is 0 Å². The van der Waals surface area contributed by atoms with E-state index in [2.05, 4.69) is 5.32 Å². The van der Waals surface area contributed by atoms with E-state index in [-0.39, 0.29) is 23.5 Å². The SMILES string of the molecule is CC(O)CC(C)NC(=O)C1(CN)CCCCC1. The Balaban J connectivity index is 2.54. The molecule has 17 heavy (non-hydrogen) atoms. The molecular formula is C13H26N2O2. The van der Waals surface area contributed by atoms with Gasteiger partial charge in [-0.3, -0.25) is 4.79 Å². The molecule has 1 aliphatic rings. The number of aliphatic hydroxyl groups is 1. The van der Waals surface area contributed by atoms with E-state index >= 15 is 0 Å². The fourth-order valence-corrected chi connectivity index (χ4v) is 2.70.